The number of fused-ring (bicyclic) bond motifs is 2. The maximum absolute atomic E-state index is 4.15. The largest absolute Gasteiger partial charge is 0.346 e. The Kier molecular flexibility index (Phi) is 4.33. The summed E-state index contributed by atoms with van der Waals surface area (Å²) in [6.45, 7) is 0. The number of nitrogens with zero attached hydrogens (tertiary/aromatic N) is 5. The highest BCUT2D eigenvalue weighted by atomic mass is 127. The number of hydrogen-bond donors (Lipinski definition) is 1. The molecule has 0 spiro atoms. The van der Waals surface area contributed by atoms with E-state index in [-0.39, 0.29) is 0 Å². The highest BCUT2D eigenvalue weighted by Crippen LogP contribution is 2.16. The second kappa shape index (κ2) is 6.22. The summed E-state index contributed by atoms with van der Waals surface area (Å²) < 4.78 is 3.98. The third-order valence-corrected chi connectivity index (χ3v) is 4.64. The normalized spacial score (nSPS) is 10.6. The molecule has 0 unspecified atom stereocenters. The van der Waals surface area contributed by atoms with Crippen LogP contribution in [-0.4, -0.2) is 29.5 Å². The molecule has 4 aromatic rings. The molecule has 21 heavy (non-hydrogen) atoms. The van der Waals surface area contributed by atoms with Crippen LogP contribution in [0.15, 0.2) is 37.2 Å². The molecule has 0 aliphatic heterocycles. The first-order chi connectivity index (χ1) is 10.2. The van der Waals surface area contributed by atoms with Gasteiger partial charge in [0.05, 0.1) is 10.8 Å². The first-order valence-electron chi connectivity index (χ1n) is 6.02. The molecular formula is C13H10I2N6. The van der Waals surface area contributed by atoms with Crippen LogP contribution in [0, 0.1) is 7.40 Å². The minimum absolute atomic E-state index is 0.902. The molecule has 0 radical (unpaired) electrons. The van der Waals surface area contributed by atoms with E-state index in [1.54, 1.807) is 12.7 Å². The molecule has 8 heteroatoms. The van der Waals surface area contributed by atoms with Gasteiger partial charge in [-0.05, 0) is 57.3 Å². The Bertz CT molecular complexity index is 898. The molecule has 0 aromatic carbocycles. The SMILES string of the molecule is Cn1ccc2c(I)ncnc21.Ic1ncnc2[nH]ccc12. The van der Waals surface area contributed by atoms with Crippen LogP contribution in [0.1, 0.15) is 0 Å². The van der Waals surface area contributed by atoms with Crippen LogP contribution in [0.25, 0.3) is 22.1 Å². The third-order valence-electron chi connectivity index (χ3n) is 2.92. The molecule has 4 aromatic heterocycles. The number of aromatic nitrogens is 6. The van der Waals surface area contributed by atoms with Gasteiger partial charge in [0.1, 0.15) is 31.4 Å². The lowest BCUT2D eigenvalue weighted by atomic mass is 10.4. The van der Waals surface area contributed by atoms with E-state index in [2.05, 4.69) is 70.1 Å². The van der Waals surface area contributed by atoms with Crippen molar-refractivity contribution in [1.82, 2.24) is 29.5 Å². The zero-order chi connectivity index (χ0) is 14.8. The van der Waals surface area contributed by atoms with Crippen molar-refractivity contribution in [2.45, 2.75) is 0 Å². The Balaban J connectivity index is 0.000000126. The predicted octanol–water partition coefficient (Wildman–Crippen LogP) is 3.14. The van der Waals surface area contributed by atoms with Crippen molar-refractivity contribution in [2.24, 2.45) is 7.05 Å². The molecule has 0 amide bonds. The fourth-order valence-corrected chi connectivity index (χ4v) is 2.99. The zero-order valence-electron chi connectivity index (χ0n) is 11.0. The van der Waals surface area contributed by atoms with Crippen molar-refractivity contribution < 1.29 is 0 Å². The van der Waals surface area contributed by atoms with Gasteiger partial charge in [-0.2, -0.15) is 0 Å². The Hall–Kier alpha value is -1.30. The van der Waals surface area contributed by atoms with E-state index >= 15 is 0 Å². The molecule has 0 aliphatic carbocycles. The van der Waals surface area contributed by atoms with Gasteiger partial charge < -0.3 is 9.55 Å². The molecule has 0 fully saturated rings. The van der Waals surface area contributed by atoms with Crippen LogP contribution in [-0.2, 0) is 7.05 Å². The lowest BCUT2D eigenvalue weighted by Crippen LogP contribution is -1.89. The van der Waals surface area contributed by atoms with Crippen molar-refractivity contribution in [2.75, 3.05) is 0 Å². The van der Waals surface area contributed by atoms with Crippen LogP contribution in [0.3, 0.4) is 0 Å². The highest BCUT2D eigenvalue weighted by molar-refractivity contribution is 14.1. The number of halogens is 2. The molecule has 0 aliphatic rings. The van der Waals surface area contributed by atoms with Crippen molar-refractivity contribution in [3.05, 3.63) is 44.6 Å². The van der Waals surface area contributed by atoms with Gasteiger partial charge in [-0.1, -0.05) is 0 Å². The third kappa shape index (κ3) is 3.00. The molecule has 0 bridgehead atoms. The lowest BCUT2D eigenvalue weighted by Gasteiger charge is -1.93. The first-order valence-corrected chi connectivity index (χ1v) is 8.17. The van der Waals surface area contributed by atoms with E-state index in [4.69, 9.17) is 0 Å². The fraction of sp³-hybridized carbons (Fsp3) is 0.0769. The van der Waals surface area contributed by atoms with Crippen LogP contribution >= 0.6 is 45.2 Å². The molecule has 0 atom stereocenters. The Morgan fingerprint density at radius 1 is 0.952 bits per heavy atom. The zero-order valence-corrected chi connectivity index (χ0v) is 15.3. The summed E-state index contributed by atoms with van der Waals surface area (Å²) in [6, 6.07) is 3.99. The standard InChI is InChI=1S/C7H6IN3.C6H4IN3/c1-11-3-2-5-6(8)9-4-10-7(5)11;7-5-4-1-2-8-6(4)10-3-9-5/h2-4H,1H3;1-3H,(H,8,9,10). The van der Waals surface area contributed by atoms with Crippen molar-refractivity contribution in [1.29, 1.82) is 0 Å². The second-order valence-electron chi connectivity index (χ2n) is 4.23. The Labute approximate surface area is 147 Å². The van der Waals surface area contributed by atoms with E-state index < -0.39 is 0 Å². The minimum Gasteiger partial charge on any atom is -0.346 e. The lowest BCUT2D eigenvalue weighted by molar-refractivity contribution is 0.942. The molecule has 4 heterocycles. The number of hydrogen-bond acceptors (Lipinski definition) is 4. The number of nitrogens with one attached hydrogen (secondary N) is 1. The topological polar surface area (TPSA) is 72.3 Å². The number of H-pyrrole nitrogens is 1. The molecule has 0 saturated carbocycles. The average Bonchev–Trinajstić information content (AvgIpc) is 3.09. The van der Waals surface area contributed by atoms with Crippen molar-refractivity contribution in [3.8, 4) is 0 Å². The quantitative estimate of drug-likeness (QED) is 0.295. The van der Waals surface area contributed by atoms with Gasteiger partial charge in [0, 0.05) is 19.4 Å². The molecule has 106 valence electrons. The maximum atomic E-state index is 4.15. The van der Waals surface area contributed by atoms with Gasteiger partial charge in [-0.15, -0.1) is 0 Å². The average molecular weight is 504 g/mol. The second-order valence-corrected chi connectivity index (χ2v) is 6.28. The van der Waals surface area contributed by atoms with Gasteiger partial charge in [-0.3, -0.25) is 0 Å². The van der Waals surface area contributed by atoms with Crippen LogP contribution in [0.5, 0.6) is 0 Å². The summed E-state index contributed by atoms with van der Waals surface area (Å²) in [6.07, 6.45) is 6.99. The first kappa shape index (κ1) is 14.6. The fourth-order valence-electron chi connectivity index (χ4n) is 1.89. The van der Waals surface area contributed by atoms with Crippen LogP contribution in [0.4, 0.5) is 0 Å². The van der Waals surface area contributed by atoms with E-state index in [1.165, 1.54) is 0 Å². The smallest absolute Gasteiger partial charge is 0.144 e. The van der Waals surface area contributed by atoms with Gasteiger partial charge in [0.25, 0.3) is 0 Å². The molecule has 1 N–H and O–H groups in total. The summed E-state index contributed by atoms with van der Waals surface area (Å²) in [5.41, 5.74) is 1.89. The van der Waals surface area contributed by atoms with E-state index in [9.17, 15) is 0 Å². The van der Waals surface area contributed by atoms with E-state index in [0.717, 1.165) is 29.5 Å². The highest BCUT2D eigenvalue weighted by Gasteiger charge is 2.01. The monoisotopic (exact) mass is 504 g/mol. The molecular weight excluding hydrogens is 494 g/mol. The van der Waals surface area contributed by atoms with E-state index in [1.807, 2.05) is 36.1 Å². The summed E-state index contributed by atoms with van der Waals surface area (Å²) in [5, 5.41) is 2.21. The van der Waals surface area contributed by atoms with Crippen LogP contribution in [0.2, 0.25) is 0 Å². The minimum atomic E-state index is 0.902. The Morgan fingerprint density at radius 2 is 1.67 bits per heavy atom. The summed E-state index contributed by atoms with van der Waals surface area (Å²) in [4.78, 5) is 19.3. The van der Waals surface area contributed by atoms with E-state index in [0.29, 0.717) is 0 Å². The van der Waals surface area contributed by atoms with Crippen molar-refractivity contribution in [3.63, 3.8) is 0 Å². The molecule has 6 nitrogen and oxygen atoms in total. The molecule has 0 saturated heterocycles. The number of aromatic amines is 1. The van der Waals surface area contributed by atoms with Crippen molar-refractivity contribution >= 4 is 67.2 Å². The summed E-state index contributed by atoms with van der Waals surface area (Å²) >= 11 is 4.39. The van der Waals surface area contributed by atoms with Gasteiger partial charge in [-0.25, -0.2) is 19.9 Å². The number of rotatable bonds is 0. The van der Waals surface area contributed by atoms with Crippen LogP contribution < -0.4 is 0 Å². The predicted molar refractivity (Wildman–Crippen MR) is 97.8 cm³/mol. The summed E-state index contributed by atoms with van der Waals surface area (Å²) in [5.74, 6) is 0. The van der Waals surface area contributed by atoms with Gasteiger partial charge in [0.2, 0.25) is 0 Å². The Morgan fingerprint density at radius 3 is 2.38 bits per heavy atom. The summed E-state index contributed by atoms with van der Waals surface area (Å²) in [7, 11) is 1.98. The number of aryl methyl sites for hydroxylation is 1. The molecule has 4 rings (SSSR count). The van der Waals surface area contributed by atoms with Gasteiger partial charge >= 0.3 is 0 Å². The van der Waals surface area contributed by atoms with Gasteiger partial charge in [0.15, 0.2) is 0 Å². The maximum Gasteiger partial charge on any atom is 0.144 e.